The zero-order chi connectivity index (χ0) is 17.6. The normalized spacial score (nSPS) is 18.1. The number of benzene rings is 1. The van der Waals surface area contributed by atoms with Gasteiger partial charge in [-0.2, -0.15) is 0 Å². The van der Waals surface area contributed by atoms with Crippen molar-refractivity contribution in [2.24, 2.45) is 0 Å². The summed E-state index contributed by atoms with van der Waals surface area (Å²) in [6.07, 6.45) is 3.45. The summed E-state index contributed by atoms with van der Waals surface area (Å²) in [7, 11) is 0. The van der Waals surface area contributed by atoms with Crippen LogP contribution in [0.4, 0.5) is 0 Å². The third-order valence-electron chi connectivity index (χ3n) is 4.65. The van der Waals surface area contributed by atoms with Gasteiger partial charge in [0.05, 0.1) is 4.88 Å². The Morgan fingerprint density at radius 2 is 2.04 bits per heavy atom. The average molecular weight is 356 g/mol. The van der Waals surface area contributed by atoms with Crippen LogP contribution in [0.3, 0.4) is 0 Å². The van der Waals surface area contributed by atoms with E-state index in [0.717, 1.165) is 25.7 Å². The Morgan fingerprint density at radius 3 is 2.76 bits per heavy atom. The van der Waals surface area contributed by atoms with Crippen molar-refractivity contribution in [2.45, 2.75) is 44.7 Å². The molecule has 2 atom stereocenters. The molecule has 3 rings (SSSR count). The lowest BCUT2D eigenvalue weighted by Gasteiger charge is -2.25. The summed E-state index contributed by atoms with van der Waals surface area (Å²) >= 11 is 1.43. The zero-order valence-corrected chi connectivity index (χ0v) is 15.3. The third kappa shape index (κ3) is 4.48. The molecule has 1 aromatic heterocycles. The number of thiophene rings is 1. The van der Waals surface area contributed by atoms with E-state index in [1.807, 2.05) is 42.6 Å². The summed E-state index contributed by atoms with van der Waals surface area (Å²) < 4.78 is 0. The summed E-state index contributed by atoms with van der Waals surface area (Å²) in [4.78, 5) is 27.7. The van der Waals surface area contributed by atoms with Crippen LogP contribution in [0.2, 0.25) is 0 Å². The van der Waals surface area contributed by atoms with E-state index in [9.17, 15) is 9.59 Å². The molecule has 1 aliphatic rings. The van der Waals surface area contributed by atoms with Crippen molar-refractivity contribution in [3.05, 3.63) is 58.3 Å². The Morgan fingerprint density at radius 1 is 1.24 bits per heavy atom. The van der Waals surface area contributed by atoms with Gasteiger partial charge in [0.25, 0.3) is 5.91 Å². The first-order valence-corrected chi connectivity index (χ1v) is 9.72. The lowest BCUT2D eigenvalue weighted by molar-refractivity contribution is -0.125. The monoisotopic (exact) mass is 356 g/mol. The molecule has 0 aliphatic carbocycles. The van der Waals surface area contributed by atoms with E-state index in [0.29, 0.717) is 11.4 Å². The lowest BCUT2D eigenvalue weighted by Crippen LogP contribution is -2.48. The molecule has 1 aliphatic heterocycles. The van der Waals surface area contributed by atoms with E-state index in [1.54, 1.807) is 4.90 Å². The van der Waals surface area contributed by atoms with Crippen LogP contribution < -0.4 is 5.32 Å². The minimum atomic E-state index is -0.339. The SMILES string of the molecule is CC(CCc1ccccc1)NC(=O)C1CCCN1C(=O)c1cccs1. The molecule has 5 heteroatoms. The summed E-state index contributed by atoms with van der Waals surface area (Å²) in [6, 6.07) is 13.7. The van der Waals surface area contributed by atoms with Gasteiger partial charge in [-0.25, -0.2) is 0 Å². The zero-order valence-electron chi connectivity index (χ0n) is 14.5. The number of nitrogens with one attached hydrogen (secondary N) is 1. The van der Waals surface area contributed by atoms with E-state index >= 15 is 0 Å². The predicted octanol–water partition coefficient (Wildman–Crippen LogP) is 3.49. The second-order valence-corrected chi connectivity index (χ2v) is 7.52. The van der Waals surface area contributed by atoms with E-state index < -0.39 is 0 Å². The maximum absolute atomic E-state index is 12.6. The number of amides is 2. The highest BCUT2D eigenvalue weighted by atomic mass is 32.1. The van der Waals surface area contributed by atoms with Crippen molar-refractivity contribution >= 4 is 23.2 Å². The molecule has 2 heterocycles. The fourth-order valence-corrected chi connectivity index (χ4v) is 3.94. The molecule has 0 radical (unpaired) electrons. The first kappa shape index (κ1) is 17.7. The average Bonchev–Trinajstić information content (AvgIpc) is 3.32. The highest BCUT2D eigenvalue weighted by Crippen LogP contribution is 2.22. The minimum Gasteiger partial charge on any atom is -0.352 e. The topological polar surface area (TPSA) is 49.4 Å². The Bertz CT molecular complexity index is 700. The molecule has 0 saturated carbocycles. The van der Waals surface area contributed by atoms with E-state index in [2.05, 4.69) is 17.4 Å². The maximum Gasteiger partial charge on any atom is 0.264 e. The maximum atomic E-state index is 12.6. The lowest BCUT2D eigenvalue weighted by atomic mass is 10.1. The summed E-state index contributed by atoms with van der Waals surface area (Å²) in [5.41, 5.74) is 1.28. The van der Waals surface area contributed by atoms with Gasteiger partial charge in [0.2, 0.25) is 5.91 Å². The van der Waals surface area contributed by atoms with Crippen LogP contribution in [-0.4, -0.2) is 35.3 Å². The first-order chi connectivity index (χ1) is 12.1. The first-order valence-electron chi connectivity index (χ1n) is 8.84. The molecule has 1 aromatic carbocycles. The largest absolute Gasteiger partial charge is 0.352 e. The van der Waals surface area contributed by atoms with Crippen molar-refractivity contribution in [2.75, 3.05) is 6.54 Å². The number of hydrogen-bond acceptors (Lipinski definition) is 3. The third-order valence-corrected chi connectivity index (χ3v) is 5.50. The Hall–Kier alpha value is -2.14. The van der Waals surface area contributed by atoms with Gasteiger partial charge in [-0.15, -0.1) is 11.3 Å². The van der Waals surface area contributed by atoms with Gasteiger partial charge in [0.15, 0.2) is 0 Å². The number of carbonyl (C=O) groups is 2. The minimum absolute atomic E-state index is 0.0235. The molecule has 0 bridgehead atoms. The van der Waals surface area contributed by atoms with Crippen molar-refractivity contribution in [1.29, 1.82) is 0 Å². The van der Waals surface area contributed by atoms with Gasteiger partial charge in [-0.05, 0) is 49.6 Å². The molecule has 25 heavy (non-hydrogen) atoms. The van der Waals surface area contributed by atoms with Crippen LogP contribution in [0.15, 0.2) is 47.8 Å². The Kier molecular flexibility index (Phi) is 5.87. The highest BCUT2D eigenvalue weighted by Gasteiger charge is 2.35. The molecule has 132 valence electrons. The molecular weight excluding hydrogens is 332 g/mol. The molecule has 1 N–H and O–H groups in total. The van der Waals surface area contributed by atoms with Crippen LogP contribution >= 0.6 is 11.3 Å². The van der Waals surface area contributed by atoms with Crippen molar-refractivity contribution in [1.82, 2.24) is 10.2 Å². The van der Waals surface area contributed by atoms with Gasteiger partial charge in [0.1, 0.15) is 6.04 Å². The molecule has 1 fully saturated rings. The summed E-state index contributed by atoms with van der Waals surface area (Å²) in [5, 5.41) is 4.99. The second-order valence-electron chi connectivity index (χ2n) is 6.57. The van der Waals surface area contributed by atoms with E-state index in [-0.39, 0.29) is 23.9 Å². The van der Waals surface area contributed by atoms with Gasteiger partial charge in [0, 0.05) is 12.6 Å². The number of aryl methyl sites for hydroxylation is 1. The Labute approximate surface area is 152 Å². The van der Waals surface area contributed by atoms with Crippen molar-refractivity contribution < 1.29 is 9.59 Å². The second kappa shape index (κ2) is 8.30. The Balaban J connectivity index is 1.53. The quantitative estimate of drug-likeness (QED) is 0.861. The number of nitrogens with zero attached hydrogens (tertiary/aromatic N) is 1. The van der Waals surface area contributed by atoms with Crippen LogP contribution in [0.1, 0.15) is 41.4 Å². The van der Waals surface area contributed by atoms with Crippen molar-refractivity contribution in [3.63, 3.8) is 0 Å². The smallest absolute Gasteiger partial charge is 0.264 e. The fraction of sp³-hybridized carbons (Fsp3) is 0.400. The molecule has 1 saturated heterocycles. The van der Waals surface area contributed by atoms with Gasteiger partial charge < -0.3 is 10.2 Å². The van der Waals surface area contributed by atoms with Gasteiger partial charge in [-0.3, -0.25) is 9.59 Å². The summed E-state index contributed by atoms with van der Waals surface area (Å²) in [5.74, 6) is -0.0486. The fourth-order valence-electron chi connectivity index (χ4n) is 3.26. The van der Waals surface area contributed by atoms with E-state index in [1.165, 1.54) is 16.9 Å². The highest BCUT2D eigenvalue weighted by molar-refractivity contribution is 7.12. The molecular formula is C20H24N2O2S. The van der Waals surface area contributed by atoms with Crippen molar-refractivity contribution in [3.8, 4) is 0 Å². The van der Waals surface area contributed by atoms with Crippen LogP contribution in [-0.2, 0) is 11.2 Å². The summed E-state index contributed by atoms with van der Waals surface area (Å²) in [6.45, 7) is 2.69. The standard InChI is InChI=1S/C20H24N2O2S/c1-15(11-12-16-7-3-2-4-8-16)21-19(23)17-9-5-13-22(17)20(24)18-10-6-14-25-18/h2-4,6-8,10,14-15,17H,5,9,11-13H2,1H3,(H,21,23). The predicted molar refractivity (Wildman–Crippen MR) is 101 cm³/mol. The number of rotatable bonds is 6. The van der Waals surface area contributed by atoms with Gasteiger partial charge >= 0.3 is 0 Å². The molecule has 4 nitrogen and oxygen atoms in total. The molecule has 0 spiro atoms. The van der Waals surface area contributed by atoms with Crippen LogP contribution in [0.5, 0.6) is 0 Å². The number of carbonyl (C=O) groups excluding carboxylic acids is 2. The van der Waals surface area contributed by atoms with Gasteiger partial charge in [-0.1, -0.05) is 36.4 Å². The number of likely N-dealkylation sites (tertiary alicyclic amines) is 1. The molecule has 2 amide bonds. The van der Waals surface area contributed by atoms with Crippen LogP contribution in [0.25, 0.3) is 0 Å². The molecule has 2 aromatic rings. The van der Waals surface area contributed by atoms with Crippen LogP contribution in [0, 0.1) is 0 Å². The molecule has 2 unspecified atom stereocenters. The van der Waals surface area contributed by atoms with E-state index in [4.69, 9.17) is 0 Å². The number of hydrogen-bond donors (Lipinski definition) is 1.